The van der Waals surface area contributed by atoms with E-state index in [0.717, 1.165) is 25.8 Å². The number of halogens is 1. The molecule has 6 heteroatoms. The van der Waals surface area contributed by atoms with Gasteiger partial charge in [0.1, 0.15) is 0 Å². The van der Waals surface area contributed by atoms with E-state index >= 15 is 0 Å². The number of amides is 1. The fourth-order valence-electron chi connectivity index (χ4n) is 3.32. The molecule has 0 bridgehead atoms. The zero-order valence-corrected chi connectivity index (χ0v) is 15.1. The largest absolute Gasteiger partial charge is 0.367 e. The van der Waals surface area contributed by atoms with Gasteiger partial charge >= 0.3 is 0 Å². The number of hydrogen-bond donors (Lipinski definition) is 2. The average Bonchev–Trinajstić information content (AvgIpc) is 3.15. The minimum absolute atomic E-state index is 0. The summed E-state index contributed by atoms with van der Waals surface area (Å²) in [6, 6.07) is 8.68. The predicted molar refractivity (Wildman–Crippen MR) is 100 cm³/mol. The summed E-state index contributed by atoms with van der Waals surface area (Å²) in [7, 11) is 0. The SMILES string of the molecule is CC(N)C1CCCCN1C(=O)c1ccc(C(=O)c2cc[nH]c2)cc1.Cl. The van der Waals surface area contributed by atoms with Crippen LogP contribution in [-0.4, -0.2) is 40.2 Å². The maximum absolute atomic E-state index is 12.8. The van der Waals surface area contributed by atoms with Gasteiger partial charge in [-0.2, -0.15) is 0 Å². The van der Waals surface area contributed by atoms with Gasteiger partial charge in [0.25, 0.3) is 5.91 Å². The van der Waals surface area contributed by atoms with E-state index in [1.165, 1.54) is 0 Å². The molecule has 3 N–H and O–H groups in total. The van der Waals surface area contributed by atoms with Crippen molar-refractivity contribution in [2.45, 2.75) is 38.3 Å². The minimum atomic E-state index is -0.0540. The predicted octanol–water partition coefficient (Wildman–Crippen LogP) is 3.01. The summed E-state index contributed by atoms with van der Waals surface area (Å²) in [5.41, 5.74) is 7.85. The van der Waals surface area contributed by atoms with Gasteiger partial charge in [-0.25, -0.2) is 0 Å². The normalized spacial score (nSPS) is 18.3. The molecule has 5 nitrogen and oxygen atoms in total. The number of nitrogens with two attached hydrogens (primary N) is 1. The first-order valence-corrected chi connectivity index (χ1v) is 8.42. The molecule has 0 saturated carbocycles. The van der Waals surface area contributed by atoms with Gasteiger partial charge in [-0.1, -0.05) is 12.1 Å². The van der Waals surface area contributed by atoms with Crippen LogP contribution in [0.5, 0.6) is 0 Å². The molecule has 0 aliphatic carbocycles. The number of rotatable bonds is 4. The van der Waals surface area contributed by atoms with Crippen LogP contribution in [0.2, 0.25) is 0 Å². The van der Waals surface area contributed by atoms with Crippen LogP contribution in [0.15, 0.2) is 42.7 Å². The first kappa shape index (κ1) is 19.2. The lowest BCUT2D eigenvalue weighted by Crippen LogP contribution is -2.51. The minimum Gasteiger partial charge on any atom is -0.367 e. The van der Waals surface area contributed by atoms with E-state index in [9.17, 15) is 9.59 Å². The quantitative estimate of drug-likeness (QED) is 0.821. The van der Waals surface area contributed by atoms with E-state index in [0.29, 0.717) is 16.7 Å². The van der Waals surface area contributed by atoms with E-state index in [2.05, 4.69) is 4.98 Å². The Labute approximate surface area is 154 Å². The Kier molecular flexibility index (Phi) is 6.39. The van der Waals surface area contributed by atoms with Crippen LogP contribution in [0.4, 0.5) is 0 Å². The zero-order chi connectivity index (χ0) is 17.1. The molecule has 25 heavy (non-hydrogen) atoms. The number of nitrogens with zero attached hydrogens (tertiary/aromatic N) is 1. The van der Waals surface area contributed by atoms with Crippen molar-refractivity contribution in [1.29, 1.82) is 0 Å². The number of hydrogen-bond acceptors (Lipinski definition) is 3. The van der Waals surface area contributed by atoms with Crippen LogP contribution < -0.4 is 5.73 Å². The summed E-state index contributed by atoms with van der Waals surface area (Å²) in [5, 5.41) is 0. The summed E-state index contributed by atoms with van der Waals surface area (Å²) in [4.78, 5) is 29.9. The van der Waals surface area contributed by atoms with Gasteiger partial charge in [0, 0.05) is 47.7 Å². The van der Waals surface area contributed by atoms with Crippen molar-refractivity contribution in [2.24, 2.45) is 5.73 Å². The van der Waals surface area contributed by atoms with Gasteiger partial charge < -0.3 is 15.6 Å². The Morgan fingerprint density at radius 3 is 2.40 bits per heavy atom. The molecule has 2 aromatic rings. The Balaban J connectivity index is 0.00000225. The molecule has 1 fully saturated rings. The van der Waals surface area contributed by atoms with Crippen molar-refractivity contribution in [3.05, 3.63) is 59.4 Å². The van der Waals surface area contributed by atoms with Gasteiger partial charge in [0.05, 0.1) is 0 Å². The van der Waals surface area contributed by atoms with Gasteiger partial charge in [-0.05, 0) is 44.4 Å². The summed E-state index contributed by atoms with van der Waals surface area (Å²) in [6.07, 6.45) is 6.46. The third-order valence-corrected chi connectivity index (χ3v) is 4.67. The second kappa shape index (κ2) is 8.32. The lowest BCUT2D eigenvalue weighted by Gasteiger charge is -2.38. The van der Waals surface area contributed by atoms with Crippen molar-refractivity contribution in [3.8, 4) is 0 Å². The maximum Gasteiger partial charge on any atom is 0.254 e. The molecule has 0 radical (unpaired) electrons. The van der Waals surface area contributed by atoms with Crippen LogP contribution >= 0.6 is 12.4 Å². The summed E-state index contributed by atoms with van der Waals surface area (Å²) < 4.78 is 0. The Morgan fingerprint density at radius 1 is 1.12 bits per heavy atom. The third kappa shape index (κ3) is 4.11. The molecule has 2 unspecified atom stereocenters. The number of carbonyl (C=O) groups excluding carboxylic acids is 2. The molecule has 3 rings (SSSR count). The highest BCUT2D eigenvalue weighted by atomic mass is 35.5. The molecule has 1 aliphatic heterocycles. The van der Waals surface area contributed by atoms with E-state index < -0.39 is 0 Å². The van der Waals surface area contributed by atoms with Crippen molar-refractivity contribution in [1.82, 2.24) is 9.88 Å². The van der Waals surface area contributed by atoms with E-state index in [4.69, 9.17) is 5.73 Å². The number of nitrogens with one attached hydrogen (secondary N) is 1. The highest BCUT2D eigenvalue weighted by Gasteiger charge is 2.29. The maximum atomic E-state index is 12.8. The van der Waals surface area contributed by atoms with Crippen LogP contribution in [0.3, 0.4) is 0 Å². The number of likely N-dealkylation sites (tertiary alicyclic amines) is 1. The van der Waals surface area contributed by atoms with E-state index in [-0.39, 0.29) is 36.2 Å². The molecule has 1 amide bonds. The molecule has 1 aromatic heterocycles. The number of piperidine rings is 1. The lowest BCUT2D eigenvalue weighted by molar-refractivity contribution is 0.0583. The molecule has 2 atom stereocenters. The first-order chi connectivity index (χ1) is 11.6. The standard InChI is InChI=1S/C19H23N3O2.ClH/c1-13(20)17-4-2-3-11-22(17)19(24)15-7-5-14(6-8-15)18(23)16-9-10-21-12-16;/h5-10,12-13,17,21H,2-4,11,20H2,1H3;1H. The monoisotopic (exact) mass is 361 g/mol. The van der Waals surface area contributed by atoms with Crippen molar-refractivity contribution >= 4 is 24.1 Å². The zero-order valence-electron chi connectivity index (χ0n) is 14.3. The summed E-state index contributed by atoms with van der Waals surface area (Å²) in [6.45, 7) is 2.70. The van der Waals surface area contributed by atoms with Gasteiger partial charge in [0.2, 0.25) is 0 Å². The molecule has 1 aliphatic rings. The van der Waals surface area contributed by atoms with E-state index in [1.807, 2.05) is 11.8 Å². The topological polar surface area (TPSA) is 79.2 Å². The molecule has 1 aromatic carbocycles. The number of aromatic nitrogens is 1. The number of ketones is 1. The summed E-state index contributed by atoms with van der Waals surface area (Å²) >= 11 is 0. The average molecular weight is 362 g/mol. The first-order valence-electron chi connectivity index (χ1n) is 8.42. The van der Waals surface area contributed by atoms with Crippen molar-refractivity contribution in [2.75, 3.05) is 6.54 Å². The van der Waals surface area contributed by atoms with Crippen LogP contribution in [0.1, 0.15) is 52.5 Å². The number of carbonyl (C=O) groups is 2. The number of aromatic amines is 1. The van der Waals surface area contributed by atoms with Gasteiger partial charge in [-0.3, -0.25) is 9.59 Å². The fourth-order valence-corrected chi connectivity index (χ4v) is 3.32. The van der Waals surface area contributed by atoms with Crippen LogP contribution in [0.25, 0.3) is 0 Å². The van der Waals surface area contributed by atoms with E-state index in [1.54, 1.807) is 42.7 Å². The molecular weight excluding hydrogens is 338 g/mol. The molecular formula is C19H24ClN3O2. The third-order valence-electron chi connectivity index (χ3n) is 4.67. The lowest BCUT2D eigenvalue weighted by atomic mass is 9.95. The van der Waals surface area contributed by atoms with Crippen LogP contribution in [0, 0.1) is 0 Å². The van der Waals surface area contributed by atoms with Crippen molar-refractivity contribution < 1.29 is 9.59 Å². The highest BCUT2D eigenvalue weighted by molar-refractivity contribution is 6.09. The van der Waals surface area contributed by atoms with Crippen molar-refractivity contribution in [3.63, 3.8) is 0 Å². The Bertz CT molecular complexity index is 711. The Hall–Kier alpha value is -2.11. The molecule has 134 valence electrons. The molecule has 1 saturated heterocycles. The second-order valence-electron chi connectivity index (χ2n) is 6.43. The fraction of sp³-hybridized carbons (Fsp3) is 0.368. The highest BCUT2D eigenvalue weighted by Crippen LogP contribution is 2.22. The number of H-pyrrole nitrogens is 1. The number of benzene rings is 1. The Morgan fingerprint density at radius 2 is 1.80 bits per heavy atom. The second-order valence-corrected chi connectivity index (χ2v) is 6.43. The molecule has 0 spiro atoms. The van der Waals surface area contributed by atoms with Gasteiger partial charge in [-0.15, -0.1) is 12.4 Å². The molecule has 2 heterocycles. The smallest absolute Gasteiger partial charge is 0.254 e. The van der Waals surface area contributed by atoms with Crippen LogP contribution in [-0.2, 0) is 0 Å². The summed E-state index contributed by atoms with van der Waals surface area (Å²) in [5.74, 6) is -0.0562. The van der Waals surface area contributed by atoms with Gasteiger partial charge in [0.15, 0.2) is 5.78 Å².